The molecule has 10 atom stereocenters. The number of rotatable bonds is 8. The van der Waals surface area contributed by atoms with E-state index in [0.717, 1.165) is 15.9 Å². The summed E-state index contributed by atoms with van der Waals surface area (Å²) in [4.78, 5) is 199. The Kier molecular flexibility index (Phi) is 21.0. The molecule has 4 N–H and O–H groups in total. The first-order valence-electron chi connectivity index (χ1n) is 30.3. The van der Waals surface area contributed by atoms with Crippen LogP contribution in [-0.2, 0) is 57.4 Å². The Morgan fingerprint density at radius 3 is 1.40 bits per heavy atom. The summed E-state index contributed by atoms with van der Waals surface area (Å²) in [6.07, 6.45) is -1.55. The summed E-state index contributed by atoms with van der Waals surface area (Å²) in [6.45, 7) is 18.6. The molecule has 0 spiro atoms. The van der Waals surface area contributed by atoms with Crippen LogP contribution in [0.25, 0.3) is 22.6 Å². The Morgan fingerprint density at radius 1 is 0.584 bits per heavy atom. The van der Waals surface area contributed by atoms with Gasteiger partial charge in [-0.1, -0.05) is 61.5 Å². The third-order valence-electron chi connectivity index (χ3n) is 17.3. The Bertz CT molecular complexity index is 3360. The van der Waals surface area contributed by atoms with E-state index < -0.39 is 179 Å². The Balaban J connectivity index is 1.30. The van der Waals surface area contributed by atoms with Crippen molar-refractivity contribution in [1.82, 2.24) is 55.7 Å². The molecule has 484 valence electrons. The van der Waals surface area contributed by atoms with E-state index in [-0.39, 0.29) is 53.2 Å². The number of likely N-dealkylation sites (N-methyl/N-ethyl adjacent to an activating group) is 4. The van der Waals surface area contributed by atoms with Crippen LogP contribution in [0.4, 0.5) is 0 Å². The lowest BCUT2D eigenvalue weighted by Gasteiger charge is -2.36. The number of aryl methyl sites for hydroxylation is 1. The van der Waals surface area contributed by atoms with Crippen LogP contribution in [0.15, 0.2) is 27.4 Å². The summed E-state index contributed by atoms with van der Waals surface area (Å²) < 4.78 is 18.3. The normalized spacial score (nSPS) is 26.4. The molecular formula is C62H85N11O16. The maximum atomic E-state index is 15.0. The number of carbonyl (C=O) groups is 12. The second-order valence-electron chi connectivity index (χ2n) is 25.3. The summed E-state index contributed by atoms with van der Waals surface area (Å²) in [5.41, 5.74) is -1.58. The first kappa shape index (κ1) is 68.0. The summed E-state index contributed by atoms with van der Waals surface area (Å²) in [7, 11) is 5.61. The van der Waals surface area contributed by atoms with Gasteiger partial charge in [-0.25, -0.2) is 14.6 Å². The number of cyclic esters (lactones) is 2. The SMILES string of the molecule is Cc1c2oc3c(C)ccc(C(=O)NC4C(=O)NC(C(C)C)C(=O)N5CCCC5C(=O)N(C)CC(=O)N(C)C(C(C)C)C(=O)OC4C)c3nc-2c(C(=O)NC2C(=O)NC(C(C)C)C(=O)N3CCCC3C(=O)N(C)CC(=O)N(C)C(C(C)C)C(=O)OC2C)cc1=O. The quantitative estimate of drug-likeness (QED) is 0.182. The number of hydrogen-bond donors (Lipinski definition) is 4. The van der Waals surface area contributed by atoms with Crippen molar-refractivity contribution in [1.29, 1.82) is 0 Å². The van der Waals surface area contributed by atoms with Gasteiger partial charge < -0.3 is 64.6 Å². The smallest absolute Gasteiger partial charge is 0.329 e. The van der Waals surface area contributed by atoms with E-state index in [1.807, 2.05) is 0 Å². The lowest BCUT2D eigenvalue weighted by molar-refractivity contribution is -0.163. The van der Waals surface area contributed by atoms with Crippen LogP contribution in [-0.4, -0.2) is 220 Å². The molecule has 5 aliphatic heterocycles. The average Bonchev–Trinajstić information content (AvgIpc) is 1.51. The summed E-state index contributed by atoms with van der Waals surface area (Å²) in [5.74, 6) is -11.9. The van der Waals surface area contributed by atoms with E-state index in [1.165, 1.54) is 80.7 Å². The highest BCUT2D eigenvalue weighted by Crippen LogP contribution is 2.33. The van der Waals surface area contributed by atoms with Gasteiger partial charge in [0.25, 0.3) is 11.8 Å². The number of hydrogen-bond acceptors (Lipinski definition) is 17. The molecule has 1 aromatic rings. The fourth-order valence-corrected chi connectivity index (χ4v) is 12.1. The topological polar surface area (TPSA) is 334 Å². The second-order valence-corrected chi connectivity index (χ2v) is 25.3. The molecule has 89 heavy (non-hydrogen) atoms. The third kappa shape index (κ3) is 14.0. The number of ether oxygens (including phenoxy) is 2. The zero-order chi connectivity index (χ0) is 66.1. The molecule has 10 unspecified atom stereocenters. The summed E-state index contributed by atoms with van der Waals surface area (Å²) in [5, 5.41) is 10.8. The molecule has 0 bridgehead atoms. The fourth-order valence-electron chi connectivity index (χ4n) is 12.1. The second kappa shape index (κ2) is 27.5. The summed E-state index contributed by atoms with van der Waals surface area (Å²) in [6, 6.07) is -6.73. The standard InChI is InChI=1S/C62H85N11O16/c1-28(2)43-59(83)72-23-17-19-38(72)57(81)68(13)26-41(75)70(15)49(30(5)6)61(85)87-34(11)45(55(79)64-43)66-53(77)36-22-21-32(9)51-47(36)63-48-37(25-40(74)33(10)52(48)89-51)54(78)67-46-35(12)88-62(86)50(31(7)8)71(16)42(76)27-69(14)58(82)39-20-18-24-73(39)60(84)44(29(3)4)65-56(46)80/h21-22,25,28-31,34-35,38-39,43-46,49-50H,17-20,23-24,26-27H2,1-16H3,(H,64,79)(H,65,80)(H,66,77)(H,67,78). The molecule has 7 rings (SSSR count). The number of nitrogens with zero attached hydrogens (tertiary/aromatic N) is 7. The molecule has 5 heterocycles. The lowest BCUT2D eigenvalue weighted by atomic mass is 9.99. The molecule has 27 nitrogen and oxygen atoms in total. The molecule has 0 saturated carbocycles. The number of benzene rings is 2. The van der Waals surface area contributed by atoms with Gasteiger partial charge in [-0.2, -0.15) is 0 Å². The van der Waals surface area contributed by atoms with Gasteiger partial charge in [0.05, 0.1) is 24.2 Å². The minimum atomic E-state index is -1.82. The van der Waals surface area contributed by atoms with Crippen molar-refractivity contribution < 1.29 is 71.4 Å². The van der Waals surface area contributed by atoms with Gasteiger partial charge in [0, 0.05) is 52.9 Å². The van der Waals surface area contributed by atoms with Crippen LogP contribution in [0.3, 0.4) is 0 Å². The molecule has 4 saturated heterocycles. The zero-order valence-electron chi connectivity index (χ0n) is 53.6. The van der Waals surface area contributed by atoms with Crippen molar-refractivity contribution in [2.45, 2.75) is 169 Å². The predicted octanol–water partition coefficient (Wildman–Crippen LogP) is 1.14. The molecule has 1 aromatic carbocycles. The predicted molar refractivity (Wildman–Crippen MR) is 321 cm³/mol. The van der Waals surface area contributed by atoms with Crippen molar-refractivity contribution in [3.8, 4) is 11.5 Å². The number of amides is 10. The molecule has 1 aliphatic carbocycles. The highest BCUT2D eigenvalue weighted by Gasteiger charge is 2.46. The number of fused-ring (bicyclic) bond motifs is 4. The molecule has 6 aliphatic rings. The Morgan fingerprint density at radius 2 is 1.00 bits per heavy atom. The van der Waals surface area contributed by atoms with Gasteiger partial charge in [0.2, 0.25) is 47.3 Å². The maximum absolute atomic E-state index is 15.0. The highest BCUT2D eigenvalue weighted by atomic mass is 16.6. The molecular weight excluding hydrogens is 1150 g/mol. The summed E-state index contributed by atoms with van der Waals surface area (Å²) >= 11 is 0. The van der Waals surface area contributed by atoms with E-state index in [1.54, 1.807) is 62.3 Å². The number of esters is 2. The van der Waals surface area contributed by atoms with Crippen molar-refractivity contribution in [3.05, 3.63) is 50.7 Å². The van der Waals surface area contributed by atoms with Gasteiger partial charge in [-0.05, 0) is 88.7 Å². The van der Waals surface area contributed by atoms with E-state index >= 15 is 9.59 Å². The number of nitrogens with one attached hydrogen (secondary N) is 4. The molecule has 4 fully saturated rings. The largest absolute Gasteiger partial charge is 0.458 e. The van der Waals surface area contributed by atoms with E-state index in [4.69, 9.17) is 18.9 Å². The first-order valence-corrected chi connectivity index (χ1v) is 30.3. The van der Waals surface area contributed by atoms with Gasteiger partial charge in [0.15, 0.2) is 16.8 Å². The average molecular weight is 1240 g/mol. The van der Waals surface area contributed by atoms with Crippen LogP contribution >= 0.6 is 0 Å². The number of aromatic nitrogens is 1. The van der Waals surface area contributed by atoms with Crippen LogP contribution < -0.4 is 26.7 Å². The maximum Gasteiger partial charge on any atom is 0.329 e. The van der Waals surface area contributed by atoms with Crippen LogP contribution in [0.1, 0.15) is 127 Å². The lowest BCUT2D eigenvalue weighted by Crippen LogP contribution is -2.61. The van der Waals surface area contributed by atoms with Crippen molar-refractivity contribution in [2.24, 2.45) is 23.7 Å². The van der Waals surface area contributed by atoms with Crippen LogP contribution in [0.2, 0.25) is 0 Å². The van der Waals surface area contributed by atoms with Gasteiger partial charge in [-0.3, -0.25) is 52.7 Å². The van der Waals surface area contributed by atoms with Crippen LogP contribution in [0.5, 0.6) is 0 Å². The fraction of sp³-hybridized carbons (Fsp3) is 0.613. The van der Waals surface area contributed by atoms with Crippen molar-refractivity contribution in [3.63, 3.8) is 0 Å². The number of carbonyl (C=O) groups excluding carboxylic acids is 12. The van der Waals surface area contributed by atoms with Gasteiger partial charge in [0.1, 0.15) is 71.8 Å². The van der Waals surface area contributed by atoms with Gasteiger partial charge in [-0.15, -0.1) is 0 Å². The molecule has 0 aromatic heterocycles. The first-order chi connectivity index (χ1) is 41.7. The van der Waals surface area contributed by atoms with E-state index in [0.29, 0.717) is 24.8 Å². The zero-order valence-corrected chi connectivity index (χ0v) is 53.6. The monoisotopic (exact) mass is 1240 g/mol. The third-order valence-corrected chi connectivity index (χ3v) is 17.3. The van der Waals surface area contributed by atoms with E-state index in [9.17, 15) is 52.7 Å². The Labute approximate surface area is 516 Å². The Hall–Kier alpha value is -8.52. The van der Waals surface area contributed by atoms with E-state index in [2.05, 4.69) is 21.3 Å². The molecule has 10 amide bonds. The molecule has 27 heteroatoms. The van der Waals surface area contributed by atoms with Crippen molar-refractivity contribution >= 4 is 82.1 Å². The minimum absolute atomic E-state index is 0.0113. The minimum Gasteiger partial charge on any atom is -0.458 e. The van der Waals surface area contributed by atoms with Crippen LogP contribution in [0, 0.1) is 37.5 Å². The van der Waals surface area contributed by atoms with Gasteiger partial charge >= 0.3 is 11.9 Å². The highest BCUT2D eigenvalue weighted by molar-refractivity contribution is 6.09. The van der Waals surface area contributed by atoms with Crippen molar-refractivity contribution in [2.75, 3.05) is 54.4 Å². The molecule has 0 radical (unpaired) electrons.